The molecule has 0 aliphatic heterocycles. The second-order valence-electron chi connectivity index (χ2n) is 6.47. The van der Waals surface area contributed by atoms with Gasteiger partial charge < -0.3 is 5.32 Å². The molecular weight excluding hydrogens is 404 g/mol. The first-order valence-corrected chi connectivity index (χ1v) is 11.7. The Morgan fingerprint density at radius 1 is 0.966 bits per heavy atom. The summed E-state index contributed by atoms with van der Waals surface area (Å²) in [6, 6.07) is 21.3. The van der Waals surface area contributed by atoms with E-state index in [4.69, 9.17) is 0 Å². The molecule has 150 valence electrons. The van der Waals surface area contributed by atoms with Crippen molar-refractivity contribution in [2.24, 2.45) is 0 Å². The summed E-state index contributed by atoms with van der Waals surface area (Å²) in [5.74, 6) is -0.346. The fourth-order valence-electron chi connectivity index (χ4n) is 2.77. The summed E-state index contributed by atoms with van der Waals surface area (Å²) in [5, 5.41) is 2.84. The van der Waals surface area contributed by atoms with Crippen LogP contribution in [0.3, 0.4) is 0 Å². The van der Waals surface area contributed by atoms with E-state index in [1.165, 1.54) is 12.1 Å². The molecule has 5 nitrogen and oxygen atoms in total. The van der Waals surface area contributed by atoms with E-state index >= 15 is 0 Å². The highest BCUT2D eigenvalue weighted by Crippen LogP contribution is 2.21. The first-order chi connectivity index (χ1) is 13.9. The number of amides is 1. The number of carbonyl (C=O) groups excluding carboxylic acids is 1. The van der Waals surface area contributed by atoms with Crippen molar-refractivity contribution in [2.45, 2.75) is 23.3 Å². The van der Waals surface area contributed by atoms with Gasteiger partial charge in [0, 0.05) is 22.7 Å². The summed E-state index contributed by atoms with van der Waals surface area (Å²) in [5.41, 5.74) is 2.54. The van der Waals surface area contributed by atoms with E-state index in [2.05, 4.69) is 10.0 Å². The van der Waals surface area contributed by atoms with Crippen LogP contribution in [0.4, 0.5) is 5.69 Å². The molecule has 0 aliphatic rings. The number of hydrogen-bond donors (Lipinski definition) is 2. The number of nitrogens with one attached hydrogen (secondary N) is 2. The molecule has 2 N–H and O–H groups in total. The van der Waals surface area contributed by atoms with Gasteiger partial charge in [-0.05, 0) is 54.6 Å². The van der Waals surface area contributed by atoms with E-state index in [1.54, 1.807) is 30.8 Å². The van der Waals surface area contributed by atoms with Gasteiger partial charge in [0.25, 0.3) is 5.91 Å². The number of carbonyl (C=O) groups is 1. The van der Waals surface area contributed by atoms with Crippen molar-refractivity contribution < 1.29 is 13.2 Å². The molecule has 0 saturated heterocycles. The molecular formula is C22H22N2O3S2. The molecule has 29 heavy (non-hydrogen) atoms. The number of rotatable bonds is 7. The van der Waals surface area contributed by atoms with Crippen molar-refractivity contribution in [1.29, 1.82) is 0 Å². The van der Waals surface area contributed by atoms with Crippen LogP contribution in [0.25, 0.3) is 0 Å². The molecule has 0 saturated carbocycles. The zero-order chi connectivity index (χ0) is 20.9. The van der Waals surface area contributed by atoms with Gasteiger partial charge in [-0.2, -0.15) is 0 Å². The zero-order valence-corrected chi connectivity index (χ0v) is 17.8. The SMILES string of the molecule is CSc1cccc(NC(=O)c2cc(S(=O)(=O)NCc3ccccc3)ccc2C)c1. The van der Waals surface area contributed by atoms with Crippen LogP contribution in [0.15, 0.2) is 82.6 Å². The van der Waals surface area contributed by atoms with Gasteiger partial charge in [-0.3, -0.25) is 4.79 Å². The average molecular weight is 427 g/mol. The third-order valence-corrected chi connectivity index (χ3v) is 6.52. The molecule has 0 fully saturated rings. The highest BCUT2D eigenvalue weighted by molar-refractivity contribution is 7.98. The van der Waals surface area contributed by atoms with Gasteiger partial charge in [0.2, 0.25) is 10.0 Å². The van der Waals surface area contributed by atoms with E-state index in [0.717, 1.165) is 10.5 Å². The number of benzene rings is 3. The number of hydrogen-bond acceptors (Lipinski definition) is 4. The summed E-state index contributed by atoms with van der Waals surface area (Å²) in [7, 11) is -3.75. The average Bonchev–Trinajstić information content (AvgIpc) is 2.73. The number of thioether (sulfide) groups is 1. The van der Waals surface area contributed by atoms with Gasteiger partial charge in [0.05, 0.1) is 4.90 Å². The predicted molar refractivity (Wildman–Crippen MR) is 118 cm³/mol. The Morgan fingerprint density at radius 3 is 2.45 bits per heavy atom. The fraction of sp³-hybridized carbons (Fsp3) is 0.136. The van der Waals surface area contributed by atoms with Crippen LogP contribution in [-0.2, 0) is 16.6 Å². The van der Waals surface area contributed by atoms with Crippen molar-refractivity contribution in [2.75, 3.05) is 11.6 Å². The highest BCUT2D eigenvalue weighted by atomic mass is 32.2. The van der Waals surface area contributed by atoms with Crippen LogP contribution in [0, 0.1) is 6.92 Å². The van der Waals surface area contributed by atoms with Crippen LogP contribution < -0.4 is 10.0 Å². The van der Waals surface area contributed by atoms with Crippen LogP contribution in [0.1, 0.15) is 21.5 Å². The lowest BCUT2D eigenvalue weighted by molar-refractivity contribution is 0.102. The third kappa shape index (κ3) is 5.47. The Bertz CT molecular complexity index is 1110. The lowest BCUT2D eigenvalue weighted by Crippen LogP contribution is -2.24. The summed E-state index contributed by atoms with van der Waals surface area (Å²) < 4.78 is 28.0. The second kappa shape index (κ2) is 9.26. The maximum Gasteiger partial charge on any atom is 0.255 e. The molecule has 0 unspecified atom stereocenters. The van der Waals surface area contributed by atoms with E-state index in [-0.39, 0.29) is 17.3 Å². The molecule has 0 spiro atoms. The van der Waals surface area contributed by atoms with Gasteiger partial charge in [0.1, 0.15) is 0 Å². The van der Waals surface area contributed by atoms with Gasteiger partial charge in [-0.1, -0.05) is 42.5 Å². The van der Waals surface area contributed by atoms with Crippen molar-refractivity contribution in [1.82, 2.24) is 4.72 Å². The lowest BCUT2D eigenvalue weighted by atomic mass is 10.1. The Balaban J connectivity index is 1.80. The third-order valence-electron chi connectivity index (χ3n) is 4.40. The first kappa shape index (κ1) is 21.1. The molecule has 0 radical (unpaired) electrons. The van der Waals surface area contributed by atoms with E-state index < -0.39 is 10.0 Å². The molecule has 7 heteroatoms. The lowest BCUT2D eigenvalue weighted by Gasteiger charge is -2.12. The van der Waals surface area contributed by atoms with Gasteiger partial charge in [0.15, 0.2) is 0 Å². The number of aryl methyl sites for hydroxylation is 1. The Labute approximate surface area is 175 Å². The van der Waals surface area contributed by atoms with E-state index in [1.807, 2.05) is 54.8 Å². The maximum absolute atomic E-state index is 12.8. The number of anilines is 1. The quantitative estimate of drug-likeness (QED) is 0.548. The minimum Gasteiger partial charge on any atom is -0.322 e. The Morgan fingerprint density at radius 2 is 1.72 bits per heavy atom. The highest BCUT2D eigenvalue weighted by Gasteiger charge is 2.18. The zero-order valence-electron chi connectivity index (χ0n) is 16.2. The van der Waals surface area contributed by atoms with Crippen LogP contribution in [0.5, 0.6) is 0 Å². The van der Waals surface area contributed by atoms with Crippen LogP contribution in [0.2, 0.25) is 0 Å². The predicted octanol–water partition coefficient (Wildman–Crippen LogP) is 4.45. The van der Waals surface area contributed by atoms with Gasteiger partial charge in [-0.15, -0.1) is 11.8 Å². The summed E-state index contributed by atoms with van der Waals surface area (Å²) >= 11 is 1.58. The normalized spacial score (nSPS) is 11.2. The smallest absolute Gasteiger partial charge is 0.255 e. The molecule has 3 aromatic carbocycles. The molecule has 3 rings (SSSR count). The molecule has 0 aromatic heterocycles. The van der Waals surface area contributed by atoms with Crippen LogP contribution in [-0.4, -0.2) is 20.6 Å². The standard InChI is InChI=1S/C22H22N2O3S2/c1-16-11-12-20(29(26,27)23-15-17-7-4-3-5-8-17)14-21(16)22(25)24-18-9-6-10-19(13-18)28-2/h3-14,23H,15H2,1-2H3,(H,24,25). The molecule has 3 aromatic rings. The topological polar surface area (TPSA) is 75.3 Å². The summed E-state index contributed by atoms with van der Waals surface area (Å²) in [6.45, 7) is 1.96. The van der Waals surface area contributed by atoms with Gasteiger partial charge in [-0.25, -0.2) is 13.1 Å². The number of sulfonamides is 1. The molecule has 0 aliphatic carbocycles. The summed E-state index contributed by atoms with van der Waals surface area (Å²) in [4.78, 5) is 13.8. The van der Waals surface area contributed by atoms with Crippen LogP contribution >= 0.6 is 11.8 Å². The summed E-state index contributed by atoms with van der Waals surface area (Å²) in [6.07, 6.45) is 1.96. The van der Waals surface area contributed by atoms with Crippen molar-refractivity contribution >= 4 is 33.4 Å². The van der Waals surface area contributed by atoms with E-state index in [9.17, 15) is 13.2 Å². The Kier molecular flexibility index (Phi) is 6.74. The molecule has 0 heterocycles. The minimum atomic E-state index is -3.75. The minimum absolute atomic E-state index is 0.0574. The molecule has 0 atom stereocenters. The molecule has 0 bridgehead atoms. The fourth-order valence-corrected chi connectivity index (χ4v) is 4.27. The van der Waals surface area contributed by atoms with E-state index in [0.29, 0.717) is 16.8 Å². The van der Waals surface area contributed by atoms with Crippen molar-refractivity contribution in [3.8, 4) is 0 Å². The van der Waals surface area contributed by atoms with Gasteiger partial charge >= 0.3 is 0 Å². The Hall–Kier alpha value is -2.61. The second-order valence-corrected chi connectivity index (χ2v) is 9.12. The monoisotopic (exact) mass is 426 g/mol. The van der Waals surface area contributed by atoms with Crippen molar-refractivity contribution in [3.63, 3.8) is 0 Å². The largest absolute Gasteiger partial charge is 0.322 e. The first-order valence-electron chi connectivity index (χ1n) is 8.99. The molecule has 1 amide bonds. The maximum atomic E-state index is 12.8. The van der Waals surface area contributed by atoms with Crippen molar-refractivity contribution in [3.05, 3.63) is 89.5 Å².